The van der Waals surface area contributed by atoms with E-state index in [1.807, 2.05) is 0 Å². The minimum absolute atomic E-state index is 0.0819. The van der Waals surface area contributed by atoms with E-state index in [4.69, 9.17) is 21.8 Å². The number of aryl methyl sites for hydroxylation is 2. The molecule has 1 aromatic rings. The van der Waals surface area contributed by atoms with Gasteiger partial charge in [-0.1, -0.05) is 0 Å². The minimum atomic E-state index is -3.71. The van der Waals surface area contributed by atoms with E-state index in [0.717, 1.165) is 11.1 Å². The van der Waals surface area contributed by atoms with Crippen molar-refractivity contribution < 1.29 is 13.2 Å². The van der Waals surface area contributed by atoms with Crippen LogP contribution in [-0.2, 0) is 9.05 Å². The molecule has 0 aliphatic carbocycles. The van der Waals surface area contributed by atoms with Gasteiger partial charge < -0.3 is 4.74 Å². The monoisotopic (exact) mass is 272 g/mol. The minimum Gasteiger partial charge on any atom is -0.492 e. The molecule has 17 heavy (non-hydrogen) atoms. The Balaban J connectivity index is 3.08. The van der Waals surface area contributed by atoms with Crippen LogP contribution < -0.4 is 4.74 Å². The molecule has 0 heterocycles. The Morgan fingerprint density at radius 2 is 1.88 bits per heavy atom. The van der Waals surface area contributed by atoms with Crippen LogP contribution in [0, 0.1) is 26.2 Å². The first kappa shape index (κ1) is 13.9. The van der Waals surface area contributed by atoms with Gasteiger partial charge in [0.15, 0.2) is 0 Å². The number of benzene rings is 1. The molecule has 3 nitrogen and oxygen atoms in total. The molecular weight excluding hydrogens is 260 g/mol. The van der Waals surface area contributed by atoms with E-state index in [9.17, 15) is 8.42 Å². The van der Waals surface area contributed by atoms with E-state index in [0.29, 0.717) is 18.8 Å². The zero-order chi connectivity index (χ0) is 13.1. The molecule has 0 aliphatic heterocycles. The van der Waals surface area contributed by atoms with Crippen molar-refractivity contribution in [2.75, 3.05) is 6.61 Å². The van der Waals surface area contributed by atoms with Gasteiger partial charge in [0.25, 0.3) is 9.05 Å². The van der Waals surface area contributed by atoms with Crippen molar-refractivity contribution in [2.45, 2.75) is 25.2 Å². The molecule has 0 atom stereocenters. The van der Waals surface area contributed by atoms with Crippen molar-refractivity contribution in [3.05, 3.63) is 23.3 Å². The van der Waals surface area contributed by atoms with Gasteiger partial charge >= 0.3 is 0 Å². The van der Waals surface area contributed by atoms with Gasteiger partial charge in [-0.2, -0.15) is 0 Å². The van der Waals surface area contributed by atoms with Crippen LogP contribution in [0.1, 0.15) is 17.5 Å². The van der Waals surface area contributed by atoms with Crippen LogP contribution in [0.15, 0.2) is 17.0 Å². The highest BCUT2D eigenvalue weighted by Gasteiger charge is 2.14. The highest BCUT2D eigenvalue weighted by molar-refractivity contribution is 8.13. The number of terminal acetylenes is 1. The fourth-order valence-corrected chi connectivity index (χ4v) is 2.39. The average Bonchev–Trinajstić information content (AvgIpc) is 2.20. The van der Waals surface area contributed by atoms with E-state index in [-0.39, 0.29) is 4.90 Å². The number of ether oxygens (including phenoxy) is 1. The second kappa shape index (κ2) is 5.44. The average molecular weight is 273 g/mol. The molecule has 1 rings (SSSR count). The zero-order valence-corrected chi connectivity index (χ0v) is 11.2. The maximum absolute atomic E-state index is 11.2. The summed E-state index contributed by atoms with van der Waals surface area (Å²) in [6.45, 7) is 3.94. The van der Waals surface area contributed by atoms with Crippen molar-refractivity contribution in [3.63, 3.8) is 0 Å². The number of hydrogen-bond donors (Lipinski definition) is 0. The van der Waals surface area contributed by atoms with Gasteiger partial charge in [-0.25, -0.2) is 8.42 Å². The van der Waals surface area contributed by atoms with Crippen LogP contribution in [0.25, 0.3) is 0 Å². The molecule has 0 bridgehead atoms. The summed E-state index contributed by atoms with van der Waals surface area (Å²) >= 11 is 0. The summed E-state index contributed by atoms with van der Waals surface area (Å²) in [6, 6.07) is 2.97. The Labute approximate surface area is 106 Å². The van der Waals surface area contributed by atoms with E-state index in [2.05, 4.69) is 5.92 Å². The van der Waals surface area contributed by atoms with Gasteiger partial charge in [-0.15, -0.1) is 12.3 Å². The standard InChI is InChI=1S/C12H13ClO3S/c1-4-5-6-16-12-9(2)7-11(8-10(12)3)17(13,14)15/h1,7-8H,5-6H2,2-3H3. The fraction of sp³-hybridized carbons (Fsp3) is 0.333. The van der Waals surface area contributed by atoms with Gasteiger partial charge in [-0.3, -0.25) is 0 Å². The maximum atomic E-state index is 11.2. The normalized spacial score (nSPS) is 10.9. The molecule has 1 aromatic carbocycles. The first-order chi connectivity index (χ1) is 7.86. The SMILES string of the molecule is C#CCCOc1c(C)cc(S(=O)(=O)Cl)cc1C. The molecule has 0 spiro atoms. The van der Waals surface area contributed by atoms with Gasteiger partial charge in [-0.05, 0) is 37.1 Å². The first-order valence-electron chi connectivity index (χ1n) is 4.98. The second-order valence-electron chi connectivity index (χ2n) is 3.63. The fourth-order valence-electron chi connectivity index (χ4n) is 1.49. The largest absolute Gasteiger partial charge is 0.492 e. The summed E-state index contributed by atoms with van der Waals surface area (Å²) in [5, 5.41) is 0. The van der Waals surface area contributed by atoms with Gasteiger partial charge in [0.2, 0.25) is 0 Å². The summed E-state index contributed by atoms with van der Waals surface area (Å²) in [4.78, 5) is 0.0819. The smallest absolute Gasteiger partial charge is 0.261 e. The van der Waals surface area contributed by atoms with Crippen molar-refractivity contribution in [3.8, 4) is 18.1 Å². The maximum Gasteiger partial charge on any atom is 0.261 e. The summed E-state index contributed by atoms with van der Waals surface area (Å²) < 4.78 is 27.9. The second-order valence-corrected chi connectivity index (χ2v) is 6.19. The summed E-state index contributed by atoms with van der Waals surface area (Å²) in [7, 11) is 1.58. The van der Waals surface area contributed by atoms with E-state index in [1.54, 1.807) is 13.8 Å². The van der Waals surface area contributed by atoms with Crippen molar-refractivity contribution in [1.82, 2.24) is 0 Å². The predicted molar refractivity (Wildman–Crippen MR) is 67.9 cm³/mol. The topological polar surface area (TPSA) is 43.4 Å². The number of rotatable bonds is 4. The molecule has 0 amide bonds. The third-order valence-electron chi connectivity index (χ3n) is 2.21. The predicted octanol–water partition coefficient (Wildman–Crippen LogP) is 2.63. The zero-order valence-electron chi connectivity index (χ0n) is 9.66. The van der Waals surface area contributed by atoms with Crippen LogP contribution in [0.5, 0.6) is 5.75 Å². The third kappa shape index (κ3) is 3.65. The van der Waals surface area contributed by atoms with E-state index in [1.165, 1.54) is 12.1 Å². The lowest BCUT2D eigenvalue weighted by Gasteiger charge is -2.12. The van der Waals surface area contributed by atoms with Crippen LogP contribution in [0.3, 0.4) is 0 Å². The molecule has 0 N–H and O–H groups in total. The Kier molecular flexibility index (Phi) is 4.44. The van der Waals surface area contributed by atoms with Crippen molar-refractivity contribution >= 4 is 19.7 Å². The molecule has 0 radical (unpaired) electrons. The van der Waals surface area contributed by atoms with E-state index >= 15 is 0 Å². The Hall–Kier alpha value is -1.18. The molecule has 0 unspecified atom stereocenters. The lowest BCUT2D eigenvalue weighted by Crippen LogP contribution is -2.01. The van der Waals surface area contributed by atoms with Gasteiger partial charge in [0.1, 0.15) is 5.75 Å². The Morgan fingerprint density at radius 1 is 1.35 bits per heavy atom. The first-order valence-corrected chi connectivity index (χ1v) is 7.29. The van der Waals surface area contributed by atoms with E-state index < -0.39 is 9.05 Å². The molecule has 0 aromatic heterocycles. The lowest BCUT2D eigenvalue weighted by molar-refractivity contribution is 0.322. The highest BCUT2D eigenvalue weighted by Crippen LogP contribution is 2.28. The summed E-state index contributed by atoms with van der Waals surface area (Å²) in [6.07, 6.45) is 5.63. The molecular formula is C12H13ClO3S. The van der Waals surface area contributed by atoms with Crippen LogP contribution in [0.4, 0.5) is 0 Å². The van der Waals surface area contributed by atoms with Crippen LogP contribution in [-0.4, -0.2) is 15.0 Å². The number of halogens is 1. The van der Waals surface area contributed by atoms with Crippen LogP contribution >= 0.6 is 10.7 Å². The Bertz CT molecular complexity index is 533. The Morgan fingerprint density at radius 3 is 2.29 bits per heavy atom. The van der Waals surface area contributed by atoms with Crippen LogP contribution in [0.2, 0.25) is 0 Å². The lowest BCUT2D eigenvalue weighted by atomic mass is 10.1. The molecule has 0 saturated carbocycles. The number of hydrogen-bond acceptors (Lipinski definition) is 3. The molecule has 92 valence electrons. The summed E-state index contributed by atoms with van der Waals surface area (Å²) in [5.74, 6) is 3.13. The van der Waals surface area contributed by atoms with Gasteiger partial charge in [0.05, 0.1) is 11.5 Å². The highest BCUT2D eigenvalue weighted by atomic mass is 35.7. The molecule has 0 aliphatic rings. The quantitative estimate of drug-likeness (QED) is 0.481. The molecule has 0 fully saturated rings. The molecule has 5 heteroatoms. The third-order valence-corrected chi connectivity index (χ3v) is 3.54. The summed E-state index contributed by atoms with van der Waals surface area (Å²) in [5.41, 5.74) is 1.45. The van der Waals surface area contributed by atoms with Crippen molar-refractivity contribution in [1.29, 1.82) is 0 Å². The van der Waals surface area contributed by atoms with Crippen molar-refractivity contribution in [2.24, 2.45) is 0 Å². The molecule has 0 saturated heterocycles. The van der Waals surface area contributed by atoms with Gasteiger partial charge in [0, 0.05) is 17.1 Å².